The molecule has 7 atom stereocenters. The predicted octanol–water partition coefficient (Wildman–Crippen LogP) is -4.34. The zero-order valence-corrected chi connectivity index (χ0v) is 42.0. The second-order valence-electron chi connectivity index (χ2n) is 17.3. The van der Waals surface area contributed by atoms with Gasteiger partial charge in [-0.05, 0) is 55.4 Å². The maximum Gasteiger partial charge on any atom is 0.246 e. The molecule has 18 N–H and O–H groups in total. The summed E-state index contributed by atoms with van der Waals surface area (Å²) in [5.74, 6) is -9.75. The van der Waals surface area contributed by atoms with Crippen molar-refractivity contribution < 1.29 is 57.8 Å². The summed E-state index contributed by atoms with van der Waals surface area (Å²) < 4.78 is 0. The Kier molecular flexibility index (Phi) is 23.7. The van der Waals surface area contributed by atoms with E-state index in [1.807, 2.05) is 0 Å². The van der Waals surface area contributed by atoms with E-state index < -0.39 is 133 Å². The molecule has 28 heteroatoms. The van der Waals surface area contributed by atoms with Gasteiger partial charge in [0.15, 0.2) is 5.96 Å². The number of nitrogens with one attached hydrogen (secondary N) is 7. The molecule has 11 amide bonds. The monoisotopic (exact) mass is 1070 g/mol. The topological polar surface area (TPSA) is 438 Å². The van der Waals surface area contributed by atoms with Crippen LogP contribution in [0.1, 0.15) is 62.5 Å². The maximum absolute atomic E-state index is 14.6. The van der Waals surface area contributed by atoms with Gasteiger partial charge in [0.05, 0.1) is 13.0 Å². The van der Waals surface area contributed by atoms with Gasteiger partial charge in [-0.1, -0.05) is 64.1 Å². The lowest BCUT2D eigenvalue weighted by molar-refractivity contribution is -0.142. The molecule has 2 heterocycles. The van der Waals surface area contributed by atoms with E-state index in [-0.39, 0.29) is 74.8 Å². The van der Waals surface area contributed by atoms with Crippen LogP contribution in [-0.2, 0) is 65.6 Å². The van der Waals surface area contributed by atoms with Crippen molar-refractivity contribution in [1.29, 1.82) is 0 Å². The molecule has 2 aromatic rings. The molecule has 0 spiro atoms. The van der Waals surface area contributed by atoms with Crippen molar-refractivity contribution in [2.24, 2.45) is 33.7 Å². The van der Waals surface area contributed by atoms with Gasteiger partial charge in [0.2, 0.25) is 65.0 Å². The molecule has 2 saturated heterocycles. The van der Waals surface area contributed by atoms with Crippen LogP contribution in [0.5, 0.6) is 5.75 Å². The molecule has 2 aliphatic heterocycles. The van der Waals surface area contributed by atoms with Crippen LogP contribution in [-0.4, -0.2) is 154 Å². The summed E-state index contributed by atoms with van der Waals surface area (Å²) in [6.45, 7) is -0.402. The number of guanidine groups is 1. The molecular weight excluding hydrogens is 1000 g/mol. The average molecular weight is 1070 g/mol. The largest absolute Gasteiger partial charge is 0.508 e. The fourth-order valence-corrected chi connectivity index (χ4v) is 9.93. The van der Waals surface area contributed by atoms with Crippen molar-refractivity contribution in [1.82, 2.24) is 42.1 Å². The van der Waals surface area contributed by atoms with E-state index in [1.54, 1.807) is 42.5 Å². The van der Waals surface area contributed by atoms with Gasteiger partial charge in [-0.3, -0.25) is 57.7 Å². The first kappa shape index (κ1) is 58.9. The molecule has 0 bridgehead atoms. The Morgan fingerprint density at radius 3 is 1.97 bits per heavy atom. The second kappa shape index (κ2) is 29.8. The minimum Gasteiger partial charge on any atom is -0.508 e. The summed E-state index contributed by atoms with van der Waals surface area (Å²) in [7, 11) is 2.19. The summed E-state index contributed by atoms with van der Waals surface area (Å²) in [4.78, 5) is 153. The molecule has 0 saturated carbocycles. The van der Waals surface area contributed by atoms with Crippen molar-refractivity contribution >= 4 is 92.5 Å². The smallest absolute Gasteiger partial charge is 0.246 e. The molecule has 2 fully saturated rings. The summed E-state index contributed by atoms with van der Waals surface area (Å²) in [5, 5.41) is 27.8. The highest BCUT2D eigenvalue weighted by atomic mass is 33.1. The Morgan fingerprint density at radius 1 is 0.730 bits per heavy atom. The number of nitrogens with zero attached hydrogens (tertiary/aromatic N) is 2. The lowest BCUT2D eigenvalue weighted by Crippen LogP contribution is -2.61. The zero-order chi connectivity index (χ0) is 54.3. The van der Waals surface area contributed by atoms with Crippen molar-refractivity contribution in [3.63, 3.8) is 0 Å². The van der Waals surface area contributed by atoms with Crippen molar-refractivity contribution in [2.75, 3.05) is 31.1 Å². The average Bonchev–Trinajstić information content (AvgIpc) is 3.85. The standard InChI is InChI=1S/C46H64N14O12S2/c47-35(62)15-14-29-40(67)58-32(22-36(48)63)43(70)59-33(45(72)60-18-5-9-34(60)44(71)56-28(8-4-17-52-46(50)51)39(66)53-23-37(49)64)24-74-73-19-16-38(65)54-30(21-26-10-12-27(61)13-11-26)41(68)57-31(42(69)55-29)20-25-6-2-1-3-7-25/h1-3,6-7,10-13,28-34,61H,4-5,8-9,14-24H2,(H2,47,62)(H2,48,63)(H2,49,64)(H,53,66)(H,54,65)(H,55,69)(H,56,71)(H,57,68)(H,58,67)(H,59,70)(H4,50,51,52)/t28-,29+,30+,31+,32+,33-,34+/m0/s1. The van der Waals surface area contributed by atoms with Crippen LogP contribution in [0.15, 0.2) is 59.6 Å². The van der Waals surface area contributed by atoms with Crippen LogP contribution in [0.25, 0.3) is 0 Å². The van der Waals surface area contributed by atoms with Crippen LogP contribution < -0.4 is 65.9 Å². The van der Waals surface area contributed by atoms with Crippen molar-refractivity contribution in [3.05, 3.63) is 65.7 Å². The Labute approximate surface area is 433 Å². The number of phenolic OH excluding ortho intramolecular Hbond substituents is 1. The quantitative estimate of drug-likeness (QED) is 0.0274. The number of primary amides is 3. The number of likely N-dealkylation sites (tertiary alicyclic amines) is 1. The van der Waals surface area contributed by atoms with E-state index >= 15 is 0 Å². The lowest BCUT2D eigenvalue weighted by Gasteiger charge is -2.31. The molecule has 0 radical (unpaired) electrons. The number of carbonyl (C=O) groups is 11. The summed E-state index contributed by atoms with van der Waals surface area (Å²) in [5.41, 5.74) is 28.1. The number of hydrogen-bond acceptors (Lipinski definition) is 15. The van der Waals surface area contributed by atoms with Crippen molar-refractivity contribution in [2.45, 2.75) is 107 Å². The lowest BCUT2D eigenvalue weighted by atomic mass is 10.0. The zero-order valence-electron chi connectivity index (χ0n) is 40.4. The van der Waals surface area contributed by atoms with Crippen LogP contribution in [0, 0.1) is 0 Å². The highest BCUT2D eigenvalue weighted by Gasteiger charge is 2.40. The first-order valence-corrected chi connectivity index (χ1v) is 26.0. The van der Waals surface area contributed by atoms with Gasteiger partial charge in [0, 0.05) is 50.3 Å². The highest BCUT2D eigenvalue weighted by molar-refractivity contribution is 8.76. The molecule has 74 heavy (non-hydrogen) atoms. The number of aliphatic imine (C=N–C) groups is 1. The molecule has 26 nitrogen and oxygen atoms in total. The Hall–Kier alpha value is -7.62. The highest BCUT2D eigenvalue weighted by Crippen LogP contribution is 2.26. The fraction of sp³-hybridized carbons (Fsp3) is 0.478. The van der Waals surface area contributed by atoms with Gasteiger partial charge >= 0.3 is 0 Å². The number of nitrogens with two attached hydrogens (primary N) is 5. The minimum absolute atomic E-state index is 0.0128. The number of rotatable bonds is 19. The van der Waals surface area contributed by atoms with Gasteiger partial charge in [0.1, 0.15) is 48.0 Å². The first-order chi connectivity index (χ1) is 35.2. The molecule has 0 aliphatic carbocycles. The van der Waals surface area contributed by atoms with E-state index in [0.717, 1.165) is 21.6 Å². The minimum atomic E-state index is -1.77. The number of amides is 11. The van der Waals surface area contributed by atoms with Crippen LogP contribution in [0.3, 0.4) is 0 Å². The van der Waals surface area contributed by atoms with E-state index in [0.29, 0.717) is 17.5 Å². The first-order valence-electron chi connectivity index (χ1n) is 23.6. The number of carbonyl (C=O) groups excluding carboxylic acids is 11. The van der Waals surface area contributed by atoms with Gasteiger partial charge in [-0.2, -0.15) is 0 Å². The third-order valence-corrected chi connectivity index (χ3v) is 13.9. The fourth-order valence-electron chi connectivity index (χ4n) is 7.78. The maximum atomic E-state index is 14.6. The molecule has 0 unspecified atom stereocenters. The molecule has 402 valence electrons. The van der Waals surface area contributed by atoms with Crippen LogP contribution in [0.2, 0.25) is 0 Å². The number of aromatic hydroxyl groups is 1. The molecule has 0 aromatic heterocycles. The summed E-state index contributed by atoms with van der Waals surface area (Å²) in [6.07, 6.45) is -1.34. The van der Waals surface area contributed by atoms with Gasteiger partial charge < -0.3 is 75.9 Å². The number of hydrogen-bond donors (Lipinski definition) is 13. The van der Waals surface area contributed by atoms with Crippen molar-refractivity contribution in [3.8, 4) is 5.75 Å². The predicted molar refractivity (Wildman–Crippen MR) is 272 cm³/mol. The molecule has 2 aliphatic rings. The Balaban J connectivity index is 1.68. The van der Waals surface area contributed by atoms with Crippen LogP contribution in [0.4, 0.5) is 0 Å². The summed E-state index contributed by atoms with van der Waals surface area (Å²) in [6, 6.07) is 4.52. The summed E-state index contributed by atoms with van der Waals surface area (Å²) >= 11 is 0. The van der Waals surface area contributed by atoms with E-state index in [4.69, 9.17) is 28.7 Å². The second-order valence-corrected chi connectivity index (χ2v) is 20.0. The number of phenols is 1. The van der Waals surface area contributed by atoms with E-state index in [2.05, 4.69) is 42.2 Å². The third kappa shape index (κ3) is 20.1. The Morgan fingerprint density at radius 2 is 1.34 bits per heavy atom. The Bertz CT molecular complexity index is 2380. The number of benzene rings is 2. The van der Waals surface area contributed by atoms with E-state index in [9.17, 15) is 57.8 Å². The van der Waals surface area contributed by atoms with E-state index in [1.165, 1.54) is 17.0 Å². The molecule has 4 rings (SSSR count). The SMILES string of the molecule is NC(=O)CC[C@H]1NC(=O)[C@@H](Cc2ccccc2)NC(=O)[C@@H](Cc2ccc(O)cc2)NC(=O)CCSSC[C@@H](C(=O)N2CCC[C@@H]2C(=O)N[C@@H](CCCN=C(N)N)C(=O)NCC(N)=O)NC(=O)[C@@H](CC(N)=O)NC1=O. The molecular formula is C46H64N14O12S2. The van der Waals surface area contributed by atoms with Gasteiger partial charge in [-0.25, -0.2) is 0 Å². The normalized spacial score (nSPS) is 21.7. The van der Waals surface area contributed by atoms with Gasteiger partial charge in [0.25, 0.3) is 0 Å². The molecule has 2 aromatic carbocycles. The van der Waals surface area contributed by atoms with Crippen LogP contribution >= 0.6 is 21.6 Å². The van der Waals surface area contributed by atoms with Gasteiger partial charge in [-0.15, -0.1) is 0 Å². The third-order valence-electron chi connectivity index (χ3n) is 11.5.